The van der Waals surface area contributed by atoms with Gasteiger partial charge in [-0.3, -0.25) is 9.59 Å². The molecular weight excluding hydrogens is 439 g/mol. The van der Waals surface area contributed by atoms with Crippen LogP contribution < -0.4 is 0 Å². The molecule has 0 bridgehead atoms. The molecule has 0 aliphatic carbocycles. The minimum absolute atomic E-state index is 0.0194. The van der Waals surface area contributed by atoms with Gasteiger partial charge in [0.15, 0.2) is 11.6 Å². The van der Waals surface area contributed by atoms with E-state index in [1.165, 1.54) is 0 Å². The summed E-state index contributed by atoms with van der Waals surface area (Å²) in [5, 5.41) is 8.21. The minimum Gasteiger partial charge on any atom is -0.294 e. The molecule has 0 saturated carbocycles. The van der Waals surface area contributed by atoms with Crippen molar-refractivity contribution in [3.8, 4) is 0 Å². The second-order valence-electron chi connectivity index (χ2n) is 8.34. The van der Waals surface area contributed by atoms with Gasteiger partial charge in [-0.1, -0.05) is 85.6 Å². The Hall–Kier alpha value is -2.68. The number of carbonyl (C=O) groups is 2. The van der Waals surface area contributed by atoms with Crippen LogP contribution in [0.2, 0.25) is 10.0 Å². The van der Waals surface area contributed by atoms with Gasteiger partial charge in [0.1, 0.15) is 0 Å². The van der Waals surface area contributed by atoms with Crippen LogP contribution in [0.5, 0.6) is 0 Å². The average Bonchev–Trinajstić information content (AvgIpc) is 2.79. The van der Waals surface area contributed by atoms with Crippen molar-refractivity contribution < 1.29 is 9.59 Å². The predicted octanol–water partition coefficient (Wildman–Crippen LogP) is 9.01. The Morgan fingerprint density at radius 3 is 1.97 bits per heavy atom. The summed E-state index contributed by atoms with van der Waals surface area (Å²) in [6.07, 6.45) is 2.19. The molecule has 0 heterocycles. The molecule has 2 nitrogen and oxygen atoms in total. The van der Waals surface area contributed by atoms with Gasteiger partial charge in [-0.15, -0.1) is 0 Å². The van der Waals surface area contributed by atoms with E-state index in [9.17, 15) is 9.59 Å². The van der Waals surface area contributed by atoms with Crippen molar-refractivity contribution in [1.82, 2.24) is 0 Å². The molecule has 0 N–H and O–H groups in total. The van der Waals surface area contributed by atoms with Gasteiger partial charge >= 0.3 is 0 Å². The van der Waals surface area contributed by atoms with Crippen molar-refractivity contribution >= 4 is 77.9 Å². The average molecular weight is 461 g/mol. The molecule has 32 heavy (non-hydrogen) atoms. The molecule has 0 aliphatic rings. The summed E-state index contributed by atoms with van der Waals surface area (Å²) < 4.78 is 0. The summed E-state index contributed by atoms with van der Waals surface area (Å²) in [6, 6.07) is 16.2. The molecule has 0 unspecified atom stereocenters. The second kappa shape index (κ2) is 8.03. The topological polar surface area (TPSA) is 34.1 Å². The maximum absolute atomic E-state index is 13.3. The summed E-state index contributed by atoms with van der Waals surface area (Å²) in [4.78, 5) is 26.4. The van der Waals surface area contributed by atoms with Crippen LogP contribution in [0.15, 0.2) is 48.5 Å². The van der Waals surface area contributed by atoms with Crippen molar-refractivity contribution in [2.24, 2.45) is 0 Å². The Balaban J connectivity index is 2.12. The lowest BCUT2D eigenvalue weighted by Gasteiger charge is -2.20. The van der Waals surface area contributed by atoms with E-state index in [2.05, 4.69) is 18.2 Å². The van der Waals surface area contributed by atoms with Gasteiger partial charge in [-0.2, -0.15) is 0 Å². The van der Waals surface area contributed by atoms with E-state index in [1.54, 1.807) is 0 Å². The Bertz CT molecular complexity index is 1540. The molecule has 0 fully saturated rings. The predicted molar refractivity (Wildman–Crippen MR) is 136 cm³/mol. The smallest absolute Gasteiger partial charge is 0.165 e. The highest BCUT2D eigenvalue weighted by atomic mass is 35.5. The van der Waals surface area contributed by atoms with Crippen LogP contribution in [-0.2, 0) is 0 Å². The van der Waals surface area contributed by atoms with Crippen LogP contribution >= 0.6 is 23.2 Å². The highest BCUT2D eigenvalue weighted by Crippen LogP contribution is 2.48. The number of fused-ring (bicyclic) bond motifs is 2. The first-order valence-corrected chi connectivity index (χ1v) is 11.8. The van der Waals surface area contributed by atoms with E-state index >= 15 is 0 Å². The van der Waals surface area contributed by atoms with E-state index < -0.39 is 0 Å². The fourth-order valence-corrected chi connectivity index (χ4v) is 5.61. The molecule has 0 saturated heterocycles. The van der Waals surface area contributed by atoms with Crippen LogP contribution in [-0.4, -0.2) is 11.6 Å². The number of Topliss-reactive ketones (excluding diaryl/α,β-unsaturated/α-hetero) is 2. The van der Waals surface area contributed by atoms with Crippen LogP contribution in [0, 0.1) is 0 Å². The number of hydrogen-bond donors (Lipinski definition) is 0. The SMILES string of the molecule is CCCC(=O)c1ccc2c3cccc4cccc(c5c(Cl)c(Cl)c(C(=O)CCC)c1c25)c43. The monoisotopic (exact) mass is 460 g/mol. The van der Waals surface area contributed by atoms with Crippen molar-refractivity contribution in [2.45, 2.75) is 39.5 Å². The Morgan fingerprint density at radius 2 is 1.28 bits per heavy atom. The van der Waals surface area contributed by atoms with Gasteiger partial charge in [0.05, 0.1) is 10.0 Å². The lowest BCUT2D eigenvalue weighted by molar-refractivity contribution is 0.0980. The largest absolute Gasteiger partial charge is 0.294 e. The molecule has 0 aliphatic heterocycles. The summed E-state index contributed by atoms with van der Waals surface area (Å²) in [5.41, 5.74) is 0.932. The molecule has 0 atom stereocenters. The standard InChI is InChI=1S/C28H22Cl2O2/c1-3-7-20(31)18-14-13-17-16-11-5-9-15-10-6-12-19(22(15)16)25-23(17)24(18)26(21(32)8-4-2)28(30)27(25)29/h5-6,9-14H,3-4,7-8H2,1-2H3. The first kappa shape index (κ1) is 21.2. The third-order valence-electron chi connectivity index (χ3n) is 6.33. The maximum atomic E-state index is 13.3. The third-order valence-corrected chi connectivity index (χ3v) is 7.19. The van der Waals surface area contributed by atoms with Crippen LogP contribution in [0.4, 0.5) is 0 Å². The normalized spacial score (nSPS) is 11.9. The molecular formula is C28H22Cl2O2. The minimum atomic E-state index is -0.0780. The van der Waals surface area contributed by atoms with Gasteiger partial charge in [-0.05, 0) is 39.8 Å². The third kappa shape index (κ3) is 2.93. The van der Waals surface area contributed by atoms with Crippen molar-refractivity contribution in [3.05, 3.63) is 69.7 Å². The molecule has 0 aromatic heterocycles. The summed E-state index contributed by atoms with van der Waals surface area (Å²) in [6.45, 7) is 3.94. The molecule has 5 aromatic rings. The quantitative estimate of drug-likeness (QED) is 0.144. The van der Waals surface area contributed by atoms with Crippen molar-refractivity contribution in [3.63, 3.8) is 0 Å². The zero-order valence-corrected chi connectivity index (χ0v) is 19.5. The van der Waals surface area contributed by atoms with E-state index in [0.29, 0.717) is 40.8 Å². The molecule has 5 rings (SSSR count). The Morgan fingerprint density at radius 1 is 0.656 bits per heavy atom. The van der Waals surface area contributed by atoms with E-state index in [4.69, 9.17) is 23.2 Å². The molecule has 4 heteroatoms. The molecule has 160 valence electrons. The first-order valence-electron chi connectivity index (χ1n) is 11.1. The summed E-state index contributed by atoms with van der Waals surface area (Å²) in [5.74, 6) is -0.0586. The Kier molecular flexibility index (Phi) is 5.31. The Labute approximate surface area is 196 Å². The second-order valence-corrected chi connectivity index (χ2v) is 9.10. The van der Waals surface area contributed by atoms with Gasteiger partial charge < -0.3 is 0 Å². The van der Waals surface area contributed by atoms with Gasteiger partial charge in [0.25, 0.3) is 0 Å². The molecule has 0 spiro atoms. The number of hydrogen-bond acceptors (Lipinski definition) is 2. The van der Waals surface area contributed by atoms with Gasteiger partial charge in [0, 0.05) is 40.1 Å². The zero-order chi connectivity index (χ0) is 22.6. The number of ketones is 2. The lowest BCUT2D eigenvalue weighted by atomic mass is 9.84. The number of benzene rings is 5. The van der Waals surface area contributed by atoms with Crippen LogP contribution in [0.1, 0.15) is 60.2 Å². The van der Waals surface area contributed by atoms with Crippen LogP contribution in [0.25, 0.3) is 43.1 Å². The van der Waals surface area contributed by atoms with Crippen molar-refractivity contribution in [1.29, 1.82) is 0 Å². The molecule has 5 aromatic carbocycles. The maximum Gasteiger partial charge on any atom is 0.165 e. The van der Waals surface area contributed by atoms with E-state index in [1.807, 2.05) is 44.2 Å². The fourth-order valence-electron chi connectivity index (χ4n) is 5.02. The highest BCUT2D eigenvalue weighted by Gasteiger charge is 2.27. The van der Waals surface area contributed by atoms with Gasteiger partial charge in [0.2, 0.25) is 0 Å². The fraction of sp³-hybridized carbons (Fsp3) is 0.214. The highest BCUT2D eigenvalue weighted by molar-refractivity contribution is 6.52. The number of rotatable bonds is 6. The van der Waals surface area contributed by atoms with E-state index in [0.717, 1.165) is 44.1 Å². The number of carbonyl (C=O) groups excluding carboxylic acids is 2. The molecule has 0 amide bonds. The summed E-state index contributed by atoms with van der Waals surface area (Å²) >= 11 is 13.7. The zero-order valence-electron chi connectivity index (χ0n) is 18.0. The van der Waals surface area contributed by atoms with E-state index in [-0.39, 0.29) is 16.6 Å². The number of halogens is 2. The van der Waals surface area contributed by atoms with Crippen molar-refractivity contribution in [2.75, 3.05) is 0 Å². The first-order chi connectivity index (χ1) is 15.5. The van der Waals surface area contributed by atoms with Gasteiger partial charge in [-0.25, -0.2) is 0 Å². The lowest BCUT2D eigenvalue weighted by Crippen LogP contribution is -2.08. The van der Waals surface area contributed by atoms with Crippen LogP contribution in [0.3, 0.4) is 0 Å². The summed E-state index contributed by atoms with van der Waals surface area (Å²) in [7, 11) is 0. The molecule has 0 radical (unpaired) electrons.